The molecule has 0 amide bonds. The molecule has 1 unspecified atom stereocenters. The van der Waals surface area contributed by atoms with Crippen LogP contribution in [-0.4, -0.2) is 0 Å². The van der Waals surface area contributed by atoms with Crippen molar-refractivity contribution in [2.24, 2.45) is 0 Å². The summed E-state index contributed by atoms with van der Waals surface area (Å²) in [6, 6.07) is 10.6. The average molecular weight is 241 g/mol. The molecule has 0 spiro atoms. The molecule has 0 nitrogen and oxygen atoms in total. The van der Waals surface area contributed by atoms with E-state index >= 15 is 0 Å². The maximum atomic E-state index is 5.85. The summed E-state index contributed by atoms with van der Waals surface area (Å²) in [5.74, 6) is 0.599. The molecule has 1 atom stereocenters. The second-order valence-electron chi connectivity index (χ2n) is 4.07. The summed E-state index contributed by atoms with van der Waals surface area (Å²) in [7, 11) is 0. The second kappa shape index (κ2) is 5.05. The SMILES string of the molecule is ClC(Cl)=C1CCCC(c2ccccc2)C1. The molecule has 15 heavy (non-hydrogen) atoms. The molecular formula is C13H14Cl2. The smallest absolute Gasteiger partial charge is 0.0709 e. The van der Waals surface area contributed by atoms with Gasteiger partial charge in [-0.2, -0.15) is 0 Å². The Labute approximate surface area is 101 Å². The van der Waals surface area contributed by atoms with Crippen molar-refractivity contribution < 1.29 is 0 Å². The van der Waals surface area contributed by atoms with Gasteiger partial charge in [-0.1, -0.05) is 53.5 Å². The predicted octanol–water partition coefficient (Wildman–Crippen LogP) is 5.03. The van der Waals surface area contributed by atoms with Crippen LogP contribution in [0.5, 0.6) is 0 Å². The first-order valence-electron chi connectivity index (χ1n) is 5.35. The van der Waals surface area contributed by atoms with Crippen molar-refractivity contribution in [1.29, 1.82) is 0 Å². The topological polar surface area (TPSA) is 0 Å². The largest absolute Gasteiger partial charge is 0.106 e. The summed E-state index contributed by atoms with van der Waals surface area (Å²) >= 11 is 11.7. The van der Waals surface area contributed by atoms with E-state index in [1.54, 1.807) is 0 Å². The Morgan fingerprint density at radius 2 is 1.87 bits per heavy atom. The Balaban J connectivity index is 2.15. The van der Waals surface area contributed by atoms with Gasteiger partial charge in [-0.3, -0.25) is 0 Å². The van der Waals surface area contributed by atoms with E-state index in [2.05, 4.69) is 30.3 Å². The fraction of sp³-hybridized carbons (Fsp3) is 0.385. The van der Waals surface area contributed by atoms with Gasteiger partial charge in [0.15, 0.2) is 0 Å². The molecule has 2 rings (SSSR count). The third-order valence-corrected chi connectivity index (χ3v) is 3.60. The highest BCUT2D eigenvalue weighted by atomic mass is 35.5. The zero-order valence-electron chi connectivity index (χ0n) is 8.55. The van der Waals surface area contributed by atoms with Crippen LogP contribution in [0.2, 0.25) is 0 Å². The lowest BCUT2D eigenvalue weighted by Crippen LogP contribution is -2.07. The van der Waals surface area contributed by atoms with Crippen LogP contribution in [0, 0.1) is 0 Å². The summed E-state index contributed by atoms with van der Waals surface area (Å²) in [6.45, 7) is 0. The van der Waals surface area contributed by atoms with E-state index in [1.165, 1.54) is 24.0 Å². The summed E-state index contributed by atoms with van der Waals surface area (Å²) < 4.78 is 0.482. The van der Waals surface area contributed by atoms with E-state index in [9.17, 15) is 0 Å². The van der Waals surface area contributed by atoms with Crippen molar-refractivity contribution in [3.8, 4) is 0 Å². The highest BCUT2D eigenvalue weighted by molar-refractivity contribution is 6.56. The van der Waals surface area contributed by atoms with Gasteiger partial charge < -0.3 is 0 Å². The van der Waals surface area contributed by atoms with Crippen LogP contribution in [0.1, 0.15) is 37.2 Å². The van der Waals surface area contributed by atoms with Gasteiger partial charge in [0.2, 0.25) is 0 Å². The van der Waals surface area contributed by atoms with Crippen LogP contribution < -0.4 is 0 Å². The molecule has 0 saturated heterocycles. The van der Waals surface area contributed by atoms with E-state index in [0.717, 1.165) is 12.8 Å². The Hall–Kier alpha value is -0.460. The van der Waals surface area contributed by atoms with E-state index in [4.69, 9.17) is 23.2 Å². The van der Waals surface area contributed by atoms with Crippen molar-refractivity contribution in [3.05, 3.63) is 46.0 Å². The van der Waals surface area contributed by atoms with Crippen molar-refractivity contribution in [2.75, 3.05) is 0 Å². The molecule has 0 bridgehead atoms. The number of hydrogen-bond donors (Lipinski definition) is 0. The third-order valence-electron chi connectivity index (χ3n) is 3.06. The van der Waals surface area contributed by atoms with Crippen LogP contribution in [0.15, 0.2) is 40.4 Å². The van der Waals surface area contributed by atoms with Gasteiger partial charge in [-0.15, -0.1) is 0 Å². The lowest BCUT2D eigenvalue weighted by atomic mass is 9.82. The first kappa shape index (κ1) is 11.0. The predicted molar refractivity (Wildman–Crippen MR) is 66.4 cm³/mol. The van der Waals surface area contributed by atoms with Crippen LogP contribution >= 0.6 is 23.2 Å². The fourth-order valence-electron chi connectivity index (χ4n) is 2.24. The minimum Gasteiger partial charge on any atom is -0.0709 e. The zero-order valence-corrected chi connectivity index (χ0v) is 10.1. The Morgan fingerprint density at radius 1 is 1.13 bits per heavy atom. The van der Waals surface area contributed by atoms with E-state index in [0.29, 0.717) is 10.4 Å². The normalized spacial score (nSPS) is 21.5. The first-order chi connectivity index (χ1) is 7.27. The summed E-state index contributed by atoms with van der Waals surface area (Å²) in [5.41, 5.74) is 2.63. The Bertz CT molecular complexity index is 350. The summed E-state index contributed by atoms with van der Waals surface area (Å²) in [4.78, 5) is 0. The number of rotatable bonds is 1. The molecule has 1 fully saturated rings. The van der Waals surface area contributed by atoms with Gasteiger partial charge in [-0.25, -0.2) is 0 Å². The minimum atomic E-state index is 0.482. The highest BCUT2D eigenvalue weighted by Crippen LogP contribution is 2.38. The number of allylic oxidation sites excluding steroid dienone is 1. The molecule has 1 aromatic carbocycles. The standard InChI is InChI=1S/C13H14Cl2/c14-13(15)12-8-4-7-11(9-12)10-5-2-1-3-6-10/h1-3,5-6,11H,4,7-9H2. The second-order valence-corrected chi connectivity index (χ2v) is 5.02. The van der Waals surface area contributed by atoms with Crippen LogP contribution in [0.25, 0.3) is 0 Å². The van der Waals surface area contributed by atoms with Crippen molar-refractivity contribution in [3.63, 3.8) is 0 Å². The van der Waals surface area contributed by atoms with E-state index in [1.807, 2.05) is 0 Å². The Morgan fingerprint density at radius 3 is 2.53 bits per heavy atom. The summed E-state index contributed by atoms with van der Waals surface area (Å²) in [6.07, 6.45) is 4.52. The van der Waals surface area contributed by atoms with Crippen LogP contribution in [0.4, 0.5) is 0 Å². The van der Waals surface area contributed by atoms with Crippen molar-refractivity contribution in [2.45, 2.75) is 31.6 Å². The molecule has 1 aliphatic rings. The first-order valence-corrected chi connectivity index (χ1v) is 6.11. The molecule has 0 aliphatic heterocycles. The fourth-order valence-corrected chi connectivity index (χ4v) is 2.59. The molecule has 80 valence electrons. The van der Waals surface area contributed by atoms with Gasteiger partial charge in [0.1, 0.15) is 4.49 Å². The van der Waals surface area contributed by atoms with Crippen molar-refractivity contribution >= 4 is 23.2 Å². The molecular weight excluding hydrogens is 227 g/mol. The van der Waals surface area contributed by atoms with Gasteiger partial charge in [0.05, 0.1) is 0 Å². The maximum absolute atomic E-state index is 5.85. The van der Waals surface area contributed by atoms with Crippen LogP contribution in [-0.2, 0) is 0 Å². The maximum Gasteiger partial charge on any atom is 0.106 e. The lowest BCUT2D eigenvalue weighted by molar-refractivity contribution is 0.522. The zero-order chi connectivity index (χ0) is 10.7. The molecule has 1 aromatic rings. The highest BCUT2D eigenvalue weighted by Gasteiger charge is 2.19. The van der Waals surface area contributed by atoms with Gasteiger partial charge in [-0.05, 0) is 42.7 Å². The average Bonchev–Trinajstić information content (AvgIpc) is 2.30. The van der Waals surface area contributed by atoms with Crippen LogP contribution in [0.3, 0.4) is 0 Å². The molecule has 0 radical (unpaired) electrons. The quantitative estimate of drug-likeness (QED) is 0.646. The molecule has 2 heteroatoms. The number of halogens is 2. The van der Waals surface area contributed by atoms with E-state index < -0.39 is 0 Å². The molecule has 0 aromatic heterocycles. The molecule has 1 aliphatic carbocycles. The molecule has 0 N–H and O–H groups in total. The van der Waals surface area contributed by atoms with Gasteiger partial charge in [0, 0.05) is 0 Å². The molecule has 1 saturated carbocycles. The van der Waals surface area contributed by atoms with E-state index in [-0.39, 0.29) is 0 Å². The van der Waals surface area contributed by atoms with Crippen molar-refractivity contribution in [1.82, 2.24) is 0 Å². The number of benzene rings is 1. The Kier molecular flexibility index (Phi) is 3.71. The summed E-state index contributed by atoms with van der Waals surface area (Å²) in [5, 5.41) is 0. The molecule has 0 heterocycles. The number of hydrogen-bond acceptors (Lipinski definition) is 0. The van der Waals surface area contributed by atoms with Gasteiger partial charge >= 0.3 is 0 Å². The minimum absolute atomic E-state index is 0.482. The third kappa shape index (κ3) is 2.76. The van der Waals surface area contributed by atoms with Gasteiger partial charge in [0.25, 0.3) is 0 Å². The monoisotopic (exact) mass is 240 g/mol. The lowest BCUT2D eigenvalue weighted by Gasteiger charge is -2.24.